The monoisotopic (exact) mass is 316 g/mol. The number of nitrogens with zero attached hydrogens (tertiary/aromatic N) is 1. The highest BCUT2D eigenvalue weighted by Gasteiger charge is 2.35. The van der Waals surface area contributed by atoms with Crippen molar-refractivity contribution in [2.45, 2.75) is 53.0 Å². The molecule has 0 aromatic heterocycles. The molecule has 0 bridgehead atoms. The molecule has 126 valence electrons. The van der Waals surface area contributed by atoms with Crippen molar-refractivity contribution in [2.24, 2.45) is 0 Å². The molecule has 0 aliphatic carbocycles. The second-order valence-electron chi connectivity index (χ2n) is 5.17. The number of carbonyl (C=O) groups is 4. The molecule has 2 amide bonds. The first-order chi connectivity index (χ1) is 10.1. The summed E-state index contributed by atoms with van der Waals surface area (Å²) in [5.41, 5.74) is 1.29. The van der Waals surface area contributed by atoms with E-state index in [0.717, 1.165) is 5.01 Å². The number of nitrogens with one attached hydrogen (secondary N) is 1. The molecule has 0 aromatic rings. The minimum atomic E-state index is -1.05. The zero-order valence-corrected chi connectivity index (χ0v) is 13.7. The highest BCUT2D eigenvalue weighted by atomic mass is 16.5. The fraction of sp³-hybridized carbons (Fsp3) is 0.714. The Bertz CT molecular complexity index is 433. The fourth-order valence-electron chi connectivity index (χ4n) is 1.77. The molecule has 0 aliphatic rings. The number of ether oxygens (including phenoxy) is 2. The Morgan fingerprint density at radius 2 is 1.50 bits per heavy atom. The molecule has 0 atom stereocenters. The van der Waals surface area contributed by atoms with E-state index in [0.29, 0.717) is 0 Å². The maximum Gasteiger partial charge on any atom is 0.315 e. The van der Waals surface area contributed by atoms with Gasteiger partial charge in [-0.05, 0) is 27.7 Å². The number of esters is 2. The summed E-state index contributed by atoms with van der Waals surface area (Å²) in [4.78, 5) is 46.6. The summed E-state index contributed by atoms with van der Waals surface area (Å²) in [7, 11) is 0. The van der Waals surface area contributed by atoms with E-state index >= 15 is 0 Å². The van der Waals surface area contributed by atoms with E-state index in [1.54, 1.807) is 27.7 Å². The fourth-order valence-corrected chi connectivity index (χ4v) is 1.77. The van der Waals surface area contributed by atoms with Crippen molar-refractivity contribution in [3.8, 4) is 0 Å². The largest absolute Gasteiger partial charge is 0.466 e. The summed E-state index contributed by atoms with van der Waals surface area (Å²) in [6.07, 6.45) is -0.657. The van der Waals surface area contributed by atoms with Gasteiger partial charge in [0.1, 0.15) is 6.42 Å². The van der Waals surface area contributed by atoms with Gasteiger partial charge < -0.3 is 9.47 Å². The molecular weight excluding hydrogens is 292 g/mol. The van der Waals surface area contributed by atoms with Gasteiger partial charge in [-0.3, -0.25) is 24.6 Å². The third kappa shape index (κ3) is 7.05. The quantitative estimate of drug-likeness (QED) is 0.418. The molecule has 0 radical (unpaired) electrons. The number of carbonyl (C=O) groups excluding carboxylic acids is 4. The average Bonchev–Trinajstić information content (AvgIpc) is 2.35. The van der Waals surface area contributed by atoms with Gasteiger partial charge >= 0.3 is 11.9 Å². The predicted molar refractivity (Wildman–Crippen MR) is 77.2 cm³/mol. The summed E-state index contributed by atoms with van der Waals surface area (Å²) in [5.74, 6) is -2.36. The zero-order valence-electron chi connectivity index (χ0n) is 13.7. The molecule has 0 rings (SSSR count). The molecular formula is C14H24N2O6. The SMILES string of the molecule is CCOC(=O)CC(=O)N(NC(C)=O)C(C)(C)CC(=O)OCC. The lowest BCUT2D eigenvalue weighted by Crippen LogP contribution is -2.58. The van der Waals surface area contributed by atoms with Crippen LogP contribution in [0, 0.1) is 0 Å². The second kappa shape index (κ2) is 9.01. The number of hydrazine groups is 1. The van der Waals surface area contributed by atoms with Crippen molar-refractivity contribution >= 4 is 23.8 Å². The van der Waals surface area contributed by atoms with Gasteiger partial charge in [-0.1, -0.05) is 0 Å². The van der Waals surface area contributed by atoms with Crippen LogP contribution in [0.3, 0.4) is 0 Å². The molecule has 0 aliphatic heterocycles. The maximum absolute atomic E-state index is 12.2. The van der Waals surface area contributed by atoms with Gasteiger partial charge in [-0.2, -0.15) is 0 Å². The average molecular weight is 316 g/mol. The highest BCUT2D eigenvalue weighted by Crippen LogP contribution is 2.19. The van der Waals surface area contributed by atoms with E-state index in [1.165, 1.54) is 6.92 Å². The van der Waals surface area contributed by atoms with Gasteiger partial charge in [-0.25, -0.2) is 5.01 Å². The van der Waals surface area contributed by atoms with E-state index in [-0.39, 0.29) is 19.6 Å². The Morgan fingerprint density at radius 1 is 1.00 bits per heavy atom. The Labute approximate surface area is 130 Å². The first kappa shape index (κ1) is 19.9. The summed E-state index contributed by atoms with van der Waals surface area (Å²) in [6, 6.07) is 0. The van der Waals surface area contributed by atoms with Crippen LogP contribution in [-0.2, 0) is 28.7 Å². The van der Waals surface area contributed by atoms with Gasteiger partial charge in [-0.15, -0.1) is 0 Å². The van der Waals surface area contributed by atoms with Crippen molar-refractivity contribution in [3.63, 3.8) is 0 Å². The van der Waals surface area contributed by atoms with Crippen LogP contribution in [0.15, 0.2) is 0 Å². The number of rotatable bonds is 7. The number of amides is 2. The van der Waals surface area contributed by atoms with Crippen LogP contribution < -0.4 is 5.43 Å². The molecule has 8 heteroatoms. The highest BCUT2D eigenvalue weighted by molar-refractivity contribution is 5.95. The third-order valence-corrected chi connectivity index (χ3v) is 2.61. The van der Waals surface area contributed by atoms with Crippen molar-refractivity contribution in [1.29, 1.82) is 0 Å². The van der Waals surface area contributed by atoms with Crippen LogP contribution in [0.4, 0.5) is 0 Å². The van der Waals surface area contributed by atoms with Crippen LogP contribution in [0.25, 0.3) is 0 Å². The van der Waals surface area contributed by atoms with E-state index in [2.05, 4.69) is 5.43 Å². The summed E-state index contributed by atoms with van der Waals surface area (Å²) < 4.78 is 9.56. The first-order valence-electron chi connectivity index (χ1n) is 7.05. The zero-order chi connectivity index (χ0) is 17.3. The molecule has 0 saturated heterocycles. The topological polar surface area (TPSA) is 102 Å². The van der Waals surface area contributed by atoms with Gasteiger partial charge in [0.05, 0.1) is 25.2 Å². The van der Waals surface area contributed by atoms with Crippen LogP contribution in [0.2, 0.25) is 0 Å². The van der Waals surface area contributed by atoms with Crippen LogP contribution in [0.5, 0.6) is 0 Å². The molecule has 0 aromatic carbocycles. The lowest BCUT2D eigenvalue weighted by atomic mass is 9.99. The van der Waals surface area contributed by atoms with Crippen molar-refractivity contribution in [2.75, 3.05) is 13.2 Å². The molecule has 22 heavy (non-hydrogen) atoms. The number of hydrogen-bond acceptors (Lipinski definition) is 6. The third-order valence-electron chi connectivity index (χ3n) is 2.61. The van der Waals surface area contributed by atoms with Crippen molar-refractivity contribution < 1.29 is 28.7 Å². The lowest BCUT2D eigenvalue weighted by molar-refractivity contribution is -0.158. The van der Waals surface area contributed by atoms with Crippen LogP contribution >= 0.6 is 0 Å². The molecule has 0 heterocycles. The summed E-state index contributed by atoms with van der Waals surface area (Å²) in [5, 5.41) is 0.975. The Morgan fingerprint density at radius 3 is 1.95 bits per heavy atom. The Kier molecular flexibility index (Phi) is 8.14. The number of hydrogen-bond donors (Lipinski definition) is 1. The molecule has 0 unspecified atom stereocenters. The Hall–Kier alpha value is -2.12. The van der Waals surface area contributed by atoms with E-state index < -0.39 is 35.7 Å². The summed E-state index contributed by atoms with van der Waals surface area (Å²) in [6.45, 7) is 8.06. The van der Waals surface area contributed by atoms with Crippen LogP contribution in [0.1, 0.15) is 47.5 Å². The second-order valence-corrected chi connectivity index (χ2v) is 5.17. The van der Waals surface area contributed by atoms with Gasteiger partial charge in [0.2, 0.25) is 5.91 Å². The standard InChI is InChI=1S/C14H24N2O6/c1-6-21-12(19)8-11(18)16(15-10(3)17)14(4,5)9-13(20)22-7-2/h6-9H2,1-5H3,(H,15,17). The summed E-state index contributed by atoms with van der Waals surface area (Å²) >= 11 is 0. The molecule has 0 fully saturated rings. The van der Waals surface area contributed by atoms with E-state index in [9.17, 15) is 19.2 Å². The minimum absolute atomic E-state index is 0.129. The maximum atomic E-state index is 12.2. The smallest absolute Gasteiger partial charge is 0.315 e. The lowest BCUT2D eigenvalue weighted by Gasteiger charge is -2.37. The van der Waals surface area contributed by atoms with Gasteiger partial charge in [0.25, 0.3) is 5.91 Å². The van der Waals surface area contributed by atoms with Crippen molar-refractivity contribution in [1.82, 2.24) is 10.4 Å². The van der Waals surface area contributed by atoms with Crippen molar-refractivity contribution in [3.05, 3.63) is 0 Å². The predicted octanol–water partition coefficient (Wildman–Crippen LogP) is 0.551. The van der Waals surface area contributed by atoms with Gasteiger partial charge in [0.15, 0.2) is 0 Å². The molecule has 8 nitrogen and oxygen atoms in total. The molecule has 1 N–H and O–H groups in total. The molecule has 0 saturated carbocycles. The first-order valence-corrected chi connectivity index (χ1v) is 7.05. The van der Waals surface area contributed by atoms with Gasteiger partial charge in [0, 0.05) is 6.92 Å². The normalized spacial score (nSPS) is 10.6. The van der Waals surface area contributed by atoms with E-state index in [1.807, 2.05) is 0 Å². The Balaban J connectivity index is 5.08. The van der Waals surface area contributed by atoms with E-state index in [4.69, 9.17) is 9.47 Å². The minimum Gasteiger partial charge on any atom is -0.466 e. The molecule has 0 spiro atoms. The van der Waals surface area contributed by atoms with Crippen LogP contribution in [-0.4, -0.2) is 47.5 Å².